The van der Waals surface area contributed by atoms with Crippen molar-refractivity contribution in [1.82, 2.24) is 10.2 Å². The molecule has 1 saturated heterocycles. The second-order valence-corrected chi connectivity index (χ2v) is 6.53. The second kappa shape index (κ2) is 8.14. The van der Waals surface area contributed by atoms with Crippen molar-refractivity contribution in [1.29, 1.82) is 0 Å². The summed E-state index contributed by atoms with van der Waals surface area (Å²) in [5.74, 6) is -0.259. The first-order valence-electron chi connectivity index (χ1n) is 7.36. The Bertz CT molecular complexity index is 461. The molecule has 21 heavy (non-hydrogen) atoms. The summed E-state index contributed by atoms with van der Waals surface area (Å²) in [4.78, 5) is 25.8. The molecule has 5 nitrogen and oxygen atoms in total. The average Bonchev–Trinajstić information content (AvgIpc) is 3.08. The van der Waals surface area contributed by atoms with E-state index in [1.165, 1.54) is 4.88 Å². The van der Waals surface area contributed by atoms with Crippen molar-refractivity contribution in [3.8, 4) is 0 Å². The molecule has 0 aliphatic carbocycles. The van der Waals surface area contributed by atoms with Crippen molar-refractivity contribution in [2.45, 2.75) is 25.7 Å². The number of hydrogen-bond acceptors (Lipinski definition) is 4. The number of carbonyl (C=O) groups is 2. The zero-order valence-corrected chi connectivity index (χ0v) is 12.9. The molecule has 1 aliphatic heterocycles. The highest BCUT2D eigenvalue weighted by molar-refractivity contribution is 7.09. The van der Waals surface area contributed by atoms with Crippen LogP contribution >= 0.6 is 11.3 Å². The Morgan fingerprint density at radius 2 is 2.33 bits per heavy atom. The number of carboxylic acid groups (broad SMARTS) is 1. The molecule has 0 radical (unpaired) electrons. The standard InChI is InChI=1S/C15H22N2O3S/c18-14(16-7-5-13-2-1-9-21-13)11-17-8-6-12(10-17)3-4-15(19)20/h1-2,9,12H,3-8,10-11H2,(H,16,18)(H,19,20). The van der Waals surface area contributed by atoms with Gasteiger partial charge in [-0.15, -0.1) is 11.3 Å². The molecule has 1 aromatic rings. The van der Waals surface area contributed by atoms with E-state index < -0.39 is 5.97 Å². The zero-order valence-electron chi connectivity index (χ0n) is 12.1. The van der Waals surface area contributed by atoms with Gasteiger partial charge in [0, 0.05) is 24.4 Å². The van der Waals surface area contributed by atoms with Crippen molar-refractivity contribution in [2.24, 2.45) is 5.92 Å². The fraction of sp³-hybridized carbons (Fsp3) is 0.600. The molecule has 1 atom stereocenters. The van der Waals surface area contributed by atoms with Gasteiger partial charge in [0.25, 0.3) is 0 Å². The van der Waals surface area contributed by atoms with Crippen molar-refractivity contribution in [2.75, 3.05) is 26.2 Å². The minimum Gasteiger partial charge on any atom is -0.481 e. The first kappa shape index (κ1) is 16.0. The van der Waals surface area contributed by atoms with Crippen LogP contribution in [-0.2, 0) is 16.0 Å². The number of nitrogens with one attached hydrogen (secondary N) is 1. The lowest BCUT2D eigenvalue weighted by molar-refractivity contribution is -0.137. The van der Waals surface area contributed by atoms with Crippen LogP contribution in [0.5, 0.6) is 0 Å². The lowest BCUT2D eigenvalue weighted by atomic mass is 10.0. The number of carbonyl (C=O) groups excluding carboxylic acids is 1. The van der Waals surface area contributed by atoms with Gasteiger partial charge in [-0.1, -0.05) is 6.07 Å². The van der Waals surface area contributed by atoms with E-state index in [0.717, 1.165) is 25.9 Å². The van der Waals surface area contributed by atoms with Gasteiger partial charge >= 0.3 is 5.97 Å². The van der Waals surface area contributed by atoms with Gasteiger partial charge in [-0.2, -0.15) is 0 Å². The summed E-state index contributed by atoms with van der Waals surface area (Å²) in [7, 11) is 0. The molecule has 0 bridgehead atoms. The fourth-order valence-corrected chi connectivity index (χ4v) is 3.37. The van der Waals surface area contributed by atoms with Crippen LogP contribution in [0.25, 0.3) is 0 Å². The van der Waals surface area contributed by atoms with E-state index in [1.807, 2.05) is 11.4 Å². The number of nitrogens with zero attached hydrogens (tertiary/aromatic N) is 1. The SMILES string of the molecule is O=C(O)CCC1CCN(CC(=O)NCCc2cccs2)C1. The number of likely N-dealkylation sites (tertiary alicyclic amines) is 1. The van der Waals surface area contributed by atoms with E-state index in [9.17, 15) is 9.59 Å². The summed E-state index contributed by atoms with van der Waals surface area (Å²) >= 11 is 1.71. The number of carboxylic acids is 1. The van der Waals surface area contributed by atoms with Crippen LogP contribution in [0.2, 0.25) is 0 Å². The maximum Gasteiger partial charge on any atom is 0.303 e. The number of rotatable bonds is 8. The highest BCUT2D eigenvalue weighted by atomic mass is 32.1. The Morgan fingerprint density at radius 1 is 1.48 bits per heavy atom. The lowest BCUT2D eigenvalue weighted by Gasteiger charge is -2.15. The summed E-state index contributed by atoms with van der Waals surface area (Å²) in [5.41, 5.74) is 0. The number of hydrogen-bond donors (Lipinski definition) is 2. The van der Waals surface area contributed by atoms with Crippen LogP contribution in [0.3, 0.4) is 0 Å². The number of aliphatic carboxylic acids is 1. The minimum absolute atomic E-state index is 0.0606. The third kappa shape index (κ3) is 5.85. The van der Waals surface area contributed by atoms with Gasteiger partial charge in [-0.05, 0) is 43.2 Å². The molecule has 1 aliphatic rings. The van der Waals surface area contributed by atoms with Gasteiger partial charge in [-0.25, -0.2) is 0 Å². The molecule has 0 aromatic carbocycles. The van der Waals surface area contributed by atoms with Gasteiger partial charge in [0.2, 0.25) is 5.91 Å². The number of amides is 1. The summed E-state index contributed by atoms with van der Waals surface area (Å²) in [6.07, 6.45) is 2.82. The maximum absolute atomic E-state index is 11.9. The number of thiophene rings is 1. The maximum atomic E-state index is 11.9. The summed E-state index contributed by atoms with van der Waals surface area (Å²) < 4.78 is 0. The van der Waals surface area contributed by atoms with Crippen LogP contribution in [0, 0.1) is 5.92 Å². The highest BCUT2D eigenvalue weighted by Crippen LogP contribution is 2.20. The predicted molar refractivity (Wildman–Crippen MR) is 82.4 cm³/mol. The van der Waals surface area contributed by atoms with E-state index in [4.69, 9.17) is 5.11 Å². The second-order valence-electron chi connectivity index (χ2n) is 5.50. The molecular formula is C15H22N2O3S. The molecular weight excluding hydrogens is 288 g/mol. The Labute approximate surface area is 129 Å². The molecule has 1 unspecified atom stereocenters. The molecule has 1 fully saturated rings. The zero-order chi connectivity index (χ0) is 15.1. The summed E-state index contributed by atoms with van der Waals surface area (Å²) in [5, 5.41) is 13.7. The predicted octanol–water partition coefficient (Wildman–Crippen LogP) is 1.59. The van der Waals surface area contributed by atoms with Crippen LogP contribution < -0.4 is 5.32 Å². The van der Waals surface area contributed by atoms with Gasteiger partial charge < -0.3 is 10.4 Å². The van der Waals surface area contributed by atoms with Gasteiger partial charge in [0.15, 0.2) is 0 Å². The topological polar surface area (TPSA) is 69.6 Å². The first-order chi connectivity index (χ1) is 10.1. The molecule has 2 rings (SSSR count). The van der Waals surface area contributed by atoms with E-state index in [0.29, 0.717) is 25.4 Å². The van der Waals surface area contributed by atoms with Crippen LogP contribution in [0.1, 0.15) is 24.1 Å². The van der Waals surface area contributed by atoms with E-state index in [-0.39, 0.29) is 12.3 Å². The monoisotopic (exact) mass is 310 g/mol. The lowest BCUT2D eigenvalue weighted by Crippen LogP contribution is -2.36. The van der Waals surface area contributed by atoms with Crippen LogP contribution in [-0.4, -0.2) is 48.1 Å². The molecule has 2 heterocycles. The Balaban J connectivity index is 1.59. The molecule has 1 aromatic heterocycles. The van der Waals surface area contributed by atoms with Crippen molar-refractivity contribution >= 4 is 23.2 Å². The largest absolute Gasteiger partial charge is 0.481 e. The summed E-state index contributed by atoms with van der Waals surface area (Å²) in [6, 6.07) is 4.09. The minimum atomic E-state index is -0.736. The van der Waals surface area contributed by atoms with Crippen LogP contribution in [0.4, 0.5) is 0 Å². The first-order valence-corrected chi connectivity index (χ1v) is 8.24. The quantitative estimate of drug-likeness (QED) is 0.765. The highest BCUT2D eigenvalue weighted by Gasteiger charge is 2.24. The molecule has 116 valence electrons. The normalized spacial score (nSPS) is 18.8. The van der Waals surface area contributed by atoms with Crippen molar-refractivity contribution in [3.05, 3.63) is 22.4 Å². The van der Waals surface area contributed by atoms with Crippen LogP contribution in [0.15, 0.2) is 17.5 Å². The van der Waals surface area contributed by atoms with E-state index in [2.05, 4.69) is 16.3 Å². The molecule has 2 N–H and O–H groups in total. The molecule has 6 heteroatoms. The molecule has 0 saturated carbocycles. The van der Waals surface area contributed by atoms with E-state index >= 15 is 0 Å². The smallest absolute Gasteiger partial charge is 0.303 e. The third-order valence-corrected chi connectivity index (χ3v) is 4.71. The average molecular weight is 310 g/mol. The van der Waals surface area contributed by atoms with Gasteiger partial charge in [0.1, 0.15) is 0 Å². The Kier molecular flexibility index (Phi) is 6.20. The van der Waals surface area contributed by atoms with Crippen molar-refractivity contribution < 1.29 is 14.7 Å². The fourth-order valence-electron chi connectivity index (χ4n) is 2.66. The van der Waals surface area contributed by atoms with Gasteiger partial charge in [-0.3, -0.25) is 14.5 Å². The van der Waals surface area contributed by atoms with E-state index in [1.54, 1.807) is 11.3 Å². The van der Waals surface area contributed by atoms with Crippen molar-refractivity contribution in [3.63, 3.8) is 0 Å². The Hall–Kier alpha value is -1.40. The summed E-state index contributed by atoms with van der Waals surface area (Å²) in [6.45, 7) is 2.83. The molecule has 0 spiro atoms. The third-order valence-electron chi connectivity index (χ3n) is 3.78. The van der Waals surface area contributed by atoms with Gasteiger partial charge in [0.05, 0.1) is 6.54 Å². The Morgan fingerprint density at radius 3 is 3.05 bits per heavy atom. The molecule has 1 amide bonds.